The molecule has 0 spiro atoms. The summed E-state index contributed by atoms with van der Waals surface area (Å²) < 4.78 is 15.0. The second-order valence-electron chi connectivity index (χ2n) is 7.84. The molecular formula is C18H26FN7O. The van der Waals surface area contributed by atoms with Crippen LogP contribution in [0.2, 0.25) is 0 Å². The molecule has 2 heterocycles. The van der Waals surface area contributed by atoms with Gasteiger partial charge in [0.05, 0.1) is 12.1 Å². The Hall–Kier alpha value is -2.55. The van der Waals surface area contributed by atoms with Gasteiger partial charge in [0.25, 0.3) is 0 Å². The standard InChI is InChI=1S/C18H26FN7O/c1-18(2,3)26-16(22-23-24-26)12-25-9-7-14(8-10-25)20-17(27)21-15-6-4-5-13(19)11-15/h4-6,11,14H,7-10,12H2,1-3H3,(H2,20,21,27). The number of rotatable bonds is 4. The average Bonchev–Trinajstić information content (AvgIpc) is 3.05. The van der Waals surface area contributed by atoms with E-state index < -0.39 is 0 Å². The monoisotopic (exact) mass is 375 g/mol. The summed E-state index contributed by atoms with van der Waals surface area (Å²) in [7, 11) is 0. The van der Waals surface area contributed by atoms with Crippen molar-refractivity contribution in [3.05, 3.63) is 35.9 Å². The van der Waals surface area contributed by atoms with Crippen molar-refractivity contribution in [2.45, 2.75) is 51.7 Å². The number of likely N-dealkylation sites (tertiary alicyclic amines) is 1. The van der Waals surface area contributed by atoms with Crippen LogP contribution in [-0.4, -0.2) is 50.3 Å². The lowest BCUT2D eigenvalue weighted by molar-refractivity contribution is 0.179. The van der Waals surface area contributed by atoms with Crippen molar-refractivity contribution in [3.8, 4) is 0 Å². The van der Waals surface area contributed by atoms with E-state index in [0.717, 1.165) is 31.8 Å². The van der Waals surface area contributed by atoms with E-state index in [2.05, 4.69) is 51.8 Å². The number of hydrogen-bond acceptors (Lipinski definition) is 5. The minimum Gasteiger partial charge on any atom is -0.335 e. The van der Waals surface area contributed by atoms with Crippen molar-refractivity contribution >= 4 is 11.7 Å². The Labute approximate surface area is 158 Å². The minimum atomic E-state index is -0.376. The molecule has 1 aliphatic rings. The number of halogens is 1. The maximum Gasteiger partial charge on any atom is 0.319 e. The maximum absolute atomic E-state index is 13.2. The van der Waals surface area contributed by atoms with E-state index >= 15 is 0 Å². The van der Waals surface area contributed by atoms with Gasteiger partial charge in [0, 0.05) is 24.8 Å². The Morgan fingerprint density at radius 3 is 2.70 bits per heavy atom. The normalized spacial score (nSPS) is 16.3. The second-order valence-corrected chi connectivity index (χ2v) is 7.84. The molecule has 146 valence electrons. The van der Waals surface area contributed by atoms with E-state index in [1.54, 1.807) is 12.1 Å². The molecule has 1 fully saturated rings. The largest absolute Gasteiger partial charge is 0.335 e. The van der Waals surface area contributed by atoms with Gasteiger partial charge in [-0.15, -0.1) is 5.10 Å². The molecule has 27 heavy (non-hydrogen) atoms. The third-order valence-corrected chi connectivity index (χ3v) is 4.54. The van der Waals surface area contributed by atoms with Gasteiger partial charge in [-0.1, -0.05) is 6.07 Å². The molecule has 9 heteroatoms. The molecule has 1 aliphatic heterocycles. The summed E-state index contributed by atoms with van der Waals surface area (Å²) in [6, 6.07) is 5.64. The highest BCUT2D eigenvalue weighted by atomic mass is 19.1. The van der Waals surface area contributed by atoms with Crippen LogP contribution in [0.3, 0.4) is 0 Å². The highest BCUT2D eigenvalue weighted by Gasteiger charge is 2.25. The number of hydrogen-bond donors (Lipinski definition) is 2. The molecule has 2 aromatic rings. The number of benzene rings is 1. The third kappa shape index (κ3) is 5.22. The van der Waals surface area contributed by atoms with Gasteiger partial charge in [0.2, 0.25) is 0 Å². The molecule has 0 saturated carbocycles. The van der Waals surface area contributed by atoms with E-state index in [4.69, 9.17) is 0 Å². The molecule has 2 amide bonds. The van der Waals surface area contributed by atoms with Crippen LogP contribution in [-0.2, 0) is 12.1 Å². The van der Waals surface area contributed by atoms with Crippen molar-refractivity contribution in [1.29, 1.82) is 0 Å². The van der Waals surface area contributed by atoms with Gasteiger partial charge in [-0.25, -0.2) is 13.9 Å². The molecule has 0 bridgehead atoms. The van der Waals surface area contributed by atoms with Crippen LogP contribution < -0.4 is 10.6 Å². The molecule has 2 N–H and O–H groups in total. The average molecular weight is 375 g/mol. The summed E-state index contributed by atoms with van der Waals surface area (Å²) in [5.41, 5.74) is 0.284. The van der Waals surface area contributed by atoms with Crippen LogP contribution in [0.4, 0.5) is 14.9 Å². The van der Waals surface area contributed by atoms with E-state index in [9.17, 15) is 9.18 Å². The lowest BCUT2D eigenvalue weighted by Crippen LogP contribution is -2.46. The summed E-state index contributed by atoms with van der Waals surface area (Å²) in [5.74, 6) is 0.469. The van der Waals surface area contributed by atoms with Crippen molar-refractivity contribution in [2.24, 2.45) is 0 Å². The van der Waals surface area contributed by atoms with E-state index in [1.165, 1.54) is 12.1 Å². The molecule has 0 atom stereocenters. The van der Waals surface area contributed by atoms with Crippen molar-refractivity contribution in [2.75, 3.05) is 18.4 Å². The third-order valence-electron chi connectivity index (χ3n) is 4.54. The minimum absolute atomic E-state index is 0.0911. The Bertz CT molecular complexity index is 778. The Morgan fingerprint density at radius 1 is 1.30 bits per heavy atom. The zero-order valence-electron chi connectivity index (χ0n) is 15.9. The van der Waals surface area contributed by atoms with E-state index in [1.807, 2.05) is 4.68 Å². The fraction of sp³-hybridized carbons (Fsp3) is 0.556. The maximum atomic E-state index is 13.2. The van der Waals surface area contributed by atoms with Gasteiger partial charge in [0.15, 0.2) is 5.82 Å². The first kappa shape index (κ1) is 19.2. The first-order chi connectivity index (χ1) is 12.8. The summed E-state index contributed by atoms with van der Waals surface area (Å²) >= 11 is 0. The number of amides is 2. The van der Waals surface area contributed by atoms with Crippen LogP contribution in [0.1, 0.15) is 39.4 Å². The summed E-state index contributed by atoms with van der Waals surface area (Å²) in [4.78, 5) is 14.4. The van der Waals surface area contributed by atoms with Gasteiger partial charge in [0.1, 0.15) is 5.82 Å². The van der Waals surface area contributed by atoms with Gasteiger partial charge in [-0.05, 0) is 62.2 Å². The molecule has 1 aromatic heterocycles. The predicted molar refractivity (Wildman–Crippen MR) is 99.7 cm³/mol. The molecule has 1 saturated heterocycles. The lowest BCUT2D eigenvalue weighted by atomic mass is 10.1. The van der Waals surface area contributed by atoms with Crippen molar-refractivity contribution < 1.29 is 9.18 Å². The number of nitrogens with zero attached hydrogens (tertiary/aromatic N) is 5. The number of aromatic nitrogens is 4. The number of anilines is 1. The fourth-order valence-electron chi connectivity index (χ4n) is 3.18. The zero-order valence-corrected chi connectivity index (χ0v) is 15.9. The number of piperidine rings is 1. The van der Waals surface area contributed by atoms with E-state index in [0.29, 0.717) is 12.2 Å². The lowest BCUT2D eigenvalue weighted by Gasteiger charge is -2.32. The van der Waals surface area contributed by atoms with E-state index in [-0.39, 0.29) is 23.4 Å². The van der Waals surface area contributed by atoms with Crippen LogP contribution in [0.15, 0.2) is 24.3 Å². The molecular weight excluding hydrogens is 349 g/mol. The van der Waals surface area contributed by atoms with Crippen LogP contribution in [0, 0.1) is 5.82 Å². The summed E-state index contributed by atoms with van der Waals surface area (Å²) in [6.45, 7) is 8.59. The Kier molecular flexibility index (Phi) is 5.69. The van der Waals surface area contributed by atoms with Crippen LogP contribution in [0.5, 0.6) is 0 Å². The molecule has 1 aromatic carbocycles. The highest BCUT2D eigenvalue weighted by Crippen LogP contribution is 2.17. The number of carbonyl (C=O) groups is 1. The molecule has 0 unspecified atom stereocenters. The molecule has 0 aliphatic carbocycles. The van der Waals surface area contributed by atoms with Gasteiger partial charge < -0.3 is 10.6 Å². The van der Waals surface area contributed by atoms with Gasteiger partial charge >= 0.3 is 6.03 Å². The fourth-order valence-corrected chi connectivity index (χ4v) is 3.18. The Balaban J connectivity index is 1.46. The number of tetrazole rings is 1. The topological polar surface area (TPSA) is 88.0 Å². The molecule has 0 radical (unpaired) electrons. The SMILES string of the molecule is CC(C)(C)n1nnnc1CN1CCC(NC(=O)Nc2cccc(F)c2)CC1. The van der Waals surface area contributed by atoms with Crippen molar-refractivity contribution in [1.82, 2.24) is 30.4 Å². The number of carbonyl (C=O) groups excluding carboxylic acids is 1. The second kappa shape index (κ2) is 7.99. The van der Waals surface area contributed by atoms with Crippen LogP contribution >= 0.6 is 0 Å². The molecule has 8 nitrogen and oxygen atoms in total. The molecule has 3 rings (SSSR count). The van der Waals surface area contributed by atoms with Crippen molar-refractivity contribution in [3.63, 3.8) is 0 Å². The predicted octanol–water partition coefficient (Wildman–Crippen LogP) is 2.35. The highest BCUT2D eigenvalue weighted by molar-refractivity contribution is 5.89. The van der Waals surface area contributed by atoms with Gasteiger partial charge in [-0.2, -0.15) is 0 Å². The van der Waals surface area contributed by atoms with Gasteiger partial charge in [-0.3, -0.25) is 4.90 Å². The first-order valence-corrected chi connectivity index (χ1v) is 9.14. The first-order valence-electron chi connectivity index (χ1n) is 9.14. The number of nitrogens with one attached hydrogen (secondary N) is 2. The Morgan fingerprint density at radius 2 is 2.04 bits per heavy atom. The van der Waals surface area contributed by atoms with Crippen LogP contribution in [0.25, 0.3) is 0 Å². The quantitative estimate of drug-likeness (QED) is 0.856. The smallest absolute Gasteiger partial charge is 0.319 e. The number of urea groups is 1. The zero-order chi connectivity index (χ0) is 19.4. The summed E-state index contributed by atoms with van der Waals surface area (Å²) in [6.07, 6.45) is 1.68. The summed E-state index contributed by atoms with van der Waals surface area (Å²) in [5, 5.41) is 17.7.